The number of rotatable bonds is 3. The Labute approximate surface area is 109 Å². The van der Waals surface area contributed by atoms with Crippen molar-refractivity contribution in [2.24, 2.45) is 5.10 Å². The van der Waals surface area contributed by atoms with Crippen molar-refractivity contribution in [3.05, 3.63) is 59.0 Å². The first-order chi connectivity index (χ1) is 9.52. The van der Waals surface area contributed by atoms with Gasteiger partial charge >= 0.3 is 0 Å². The molecule has 0 atom stereocenters. The Bertz CT molecular complexity index is 629. The summed E-state index contributed by atoms with van der Waals surface area (Å²) in [5.41, 5.74) is 1.15. The summed E-state index contributed by atoms with van der Waals surface area (Å²) in [5, 5.41) is 3.37. The monoisotopic (exact) mass is 287 g/mol. The summed E-state index contributed by atoms with van der Waals surface area (Å²) in [7, 11) is 0. The fourth-order valence-corrected chi connectivity index (χ4v) is 1.33. The lowest BCUT2D eigenvalue weighted by Gasteiger charge is -2.04. The van der Waals surface area contributed by atoms with Gasteiger partial charge in [-0.15, -0.1) is 0 Å². The number of pyridine rings is 1. The molecule has 0 aliphatic heterocycles. The molecule has 1 aromatic heterocycles. The quantitative estimate of drug-likeness (QED) is 0.309. The molecule has 8 heteroatoms. The predicted octanol–water partition coefficient (Wildman–Crippen LogP) is 3.22. The number of benzene rings is 1. The summed E-state index contributed by atoms with van der Waals surface area (Å²) >= 11 is 0. The Morgan fingerprint density at radius 1 is 0.900 bits per heavy atom. The first-order valence-electron chi connectivity index (χ1n) is 5.24. The Balaban J connectivity index is 2.30. The van der Waals surface area contributed by atoms with Crippen molar-refractivity contribution >= 4 is 12.0 Å². The molecule has 0 fully saturated rings. The van der Waals surface area contributed by atoms with Crippen molar-refractivity contribution in [1.29, 1.82) is 0 Å². The fraction of sp³-hybridized carbons (Fsp3) is 0. The van der Waals surface area contributed by atoms with Crippen LogP contribution in [-0.4, -0.2) is 11.2 Å². The van der Waals surface area contributed by atoms with Crippen LogP contribution >= 0.6 is 0 Å². The van der Waals surface area contributed by atoms with E-state index >= 15 is 0 Å². The predicted molar refractivity (Wildman–Crippen MR) is 61.7 cm³/mol. The zero-order chi connectivity index (χ0) is 14.7. The van der Waals surface area contributed by atoms with Gasteiger partial charge in [-0.1, -0.05) is 6.07 Å². The second-order valence-corrected chi connectivity index (χ2v) is 3.57. The van der Waals surface area contributed by atoms with E-state index in [1.165, 1.54) is 12.3 Å². The topological polar surface area (TPSA) is 37.3 Å². The van der Waals surface area contributed by atoms with Crippen LogP contribution in [0, 0.1) is 29.1 Å². The van der Waals surface area contributed by atoms with Crippen molar-refractivity contribution in [3.63, 3.8) is 0 Å². The van der Waals surface area contributed by atoms with Gasteiger partial charge in [-0.25, -0.2) is 26.9 Å². The van der Waals surface area contributed by atoms with Crippen LogP contribution in [0.2, 0.25) is 0 Å². The van der Waals surface area contributed by atoms with Gasteiger partial charge in [0.2, 0.25) is 5.82 Å². The standard InChI is InChI=1S/C12H6F5N3/c13-8-6(9(14)11(16)12(17)10(8)15)5-19-20-7-3-1-2-4-18-7/h1-5H,(H,18,20)/b19-5-. The SMILES string of the molecule is Fc1c(F)c(F)c(/C=N\Nc2ccccn2)c(F)c1F. The minimum atomic E-state index is -2.21. The Hall–Kier alpha value is -2.51. The van der Waals surface area contributed by atoms with E-state index in [9.17, 15) is 22.0 Å². The van der Waals surface area contributed by atoms with E-state index in [0.717, 1.165) is 0 Å². The summed E-state index contributed by atoms with van der Waals surface area (Å²) in [6.45, 7) is 0. The van der Waals surface area contributed by atoms with Gasteiger partial charge in [-0.2, -0.15) is 5.10 Å². The molecule has 0 aliphatic carbocycles. The highest BCUT2D eigenvalue weighted by atomic mass is 19.2. The molecule has 0 aliphatic rings. The maximum Gasteiger partial charge on any atom is 0.200 e. The van der Waals surface area contributed by atoms with Gasteiger partial charge in [0.25, 0.3) is 0 Å². The van der Waals surface area contributed by atoms with Gasteiger partial charge in [0.15, 0.2) is 23.3 Å². The lowest BCUT2D eigenvalue weighted by atomic mass is 10.2. The number of aromatic nitrogens is 1. The molecule has 2 rings (SSSR count). The fourth-order valence-electron chi connectivity index (χ4n) is 1.33. The van der Waals surface area contributed by atoms with Gasteiger partial charge in [0, 0.05) is 6.20 Å². The highest BCUT2D eigenvalue weighted by Gasteiger charge is 2.24. The number of nitrogens with one attached hydrogen (secondary N) is 1. The molecular formula is C12H6F5N3. The summed E-state index contributed by atoms with van der Waals surface area (Å²) in [6, 6.07) is 4.73. The van der Waals surface area contributed by atoms with Crippen LogP contribution < -0.4 is 5.43 Å². The number of halogens is 5. The normalized spacial score (nSPS) is 11.1. The summed E-state index contributed by atoms with van der Waals surface area (Å²) < 4.78 is 65.1. The molecule has 3 nitrogen and oxygen atoms in total. The van der Waals surface area contributed by atoms with Gasteiger partial charge in [-0.05, 0) is 12.1 Å². The molecule has 20 heavy (non-hydrogen) atoms. The van der Waals surface area contributed by atoms with E-state index in [0.29, 0.717) is 6.21 Å². The van der Waals surface area contributed by atoms with Gasteiger partial charge in [0.05, 0.1) is 11.8 Å². The summed E-state index contributed by atoms with van der Waals surface area (Å²) in [4.78, 5) is 3.78. The number of nitrogens with zero attached hydrogens (tertiary/aromatic N) is 2. The molecule has 1 aromatic carbocycles. The number of hydrazone groups is 1. The molecule has 0 unspecified atom stereocenters. The van der Waals surface area contributed by atoms with E-state index in [1.807, 2.05) is 0 Å². The minimum Gasteiger partial charge on any atom is -0.261 e. The highest BCUT2D eigenvalue weighted by Crippen LogP contribution is 2.21. The molecular weight excluding hydrogens is 281 g/mol. The van der Waals surface area contributed by atoms with Crippen LogP contribution in [0.3, 0.4) is 0 Å². The van der Waals surface area contributed by atoms with Crippen molar-refractivity contribution in [2.75, 3.05) is 5.43 Å². The zero-order valence-corrected chi connectivity index (χ0v) is 9.67. The lowest BCUT2D eigenvalue weighted by Crippen LogP contribution is -2.07. The molecule has 0 saturated carbocycles. The average Bonchev–Trinajstić information content (AvgIpc) is 2.48. The van der Waals surface area contributed by atoms with Gasteiger partial charge in [0.1, 0.15) is 5.82 Å². The summed E-state index contributed by atoms with van der Waals surface area (Å²) in [6.07, 6.45) is 1.92. The highest BCUT2D eigenvalue weighted by molar-refractivity contribution is 5.81. The van der Waals surface area contributed by atoms with Gasteiger partial charge in [-0.3, -0.25) is 5.43 Å². The first kappa shape index (κ1) is 13.9. The number of anilines is 1. The third-order valence-electron chi connectivity index (χ3n) is 2.28. The van der Waals surface area contributed by atoms with Crippen LogP contribution in [0.5, 0.6) is 0 Å². The third-order valence-corrected chi connectivity index (χ3v) is 2.28. The van der Waals surface area contributed by atoms with Crippen molar-refractivity contribution in [3.8, 4) is 0 Å². The smallest absolute Gasteiger partial charge is 0.200 e. The molecule has 0 spiro atoms. The second-order valence-electron chi connectivity index (χ2n) is 3.57. The molecule has 1 N–H and O–H groups in total. The van der Waals surface area contributed by atoms with Crippen molar-refractivity contribution in [1.82, 2.24) is 4.98 Å². The first-order valence-corrected chi connectivity index (χ1v) is 5.24. The maximum atomic E-state index is 13.3. The maximum absolute atomic E-state index is 13.3. The van der Waals surface area contributed by atoms with E-state index in [2.05, 4.69) is 15.5 Å². The van der Waals surface area contributed by atoms with Crippen LogP contribution in [-0.2, 0) is 0 Å². The van der Waals surface area contributed by atoms with Gasteiger partial charge < -0.3 is 0 Å². The molecule has 1 heterocycles. The molecule has 0 saturated heterocycles. The van der Waals surface area contributed by atoms with Crippen LogP contribution in [0.1, 0.15) is 5.56 Å². The number of hydrogen-bond donors (Lipinski definition) is 1. The second kappa shape index (κ2) is 5.64. The van der Waals surface area contributed by atoms with E-state index < -0.39 is 34.6 Å². The molecule has 0 bridgehead atoms. The number of hydrogen-bond acceptors (Lipinski definition) is 3. The Morgan fingerprint density at radius 3 is 2.05 bits per heavy atom. The zero-order valence-electron chi connectivity index (χ0n) is 9.67. The third kappa shape index (κ3) is 2.58. The summed E-state index contributed by atoms with van der Waals surface area (Å²) in [5.74, 6) is -9.92. The molecule has 0 radical (unpaired) electrons. The van der Waals surface area contributed by atoms with Crippen molar-refractivity contribution < 1.29 is 22.0 Å². The van der Waals surface area contributed by atoms with Crippen LogP contribution in [0.25, 0.3) is 0 Å². The molecule has 2 aromatic rings. The van der Waals surface area contributed by atoms with Crippen LogP contribution in [0.4, 0.5) is 27.8 Å². The Morgan fingerprint density at radius 2 is 1.50 bits per heavy atom. The minimum absolute atomic E-state index is 0.243. The van der Waals surface area contributed by atoms with Crippen LogP contribution in [0.15, 0.2) is 29.5 Å². The van der Waals surface area contributed by atoms with Crippen molar-refractivity contribution in [2.45, 2.75) is 0 Å². The Kier molecular flexibility index (Phi) is 3.92. The van der Waals surface area contributed by atoms with E-state index in [4.69, 9.17) is 0 Å². The molecule has 0 amide bonds. The lowest BCUT2D eigenvalue weighted by molar-refractivity contribution is 0.377. The van der Waals surface area contributed by atoms with E-state index in [1.54, 1.807) is 12.1 Å². The average molecular weight is 287 g/mol. The van der Waals surface area contributed by atoms with E-state index in [-0.39, 0.29) is 5.82 Å². The molecule has 104 valence electrons. The largest absolute Gasteiger partial charge is 0.261 e.